The fourth-order valence-corrected chi connectivity index (χ4v) is 3.16. The molecule has 0 radical (unpaired) electrons. The zero-order chi connectivity index (χ0) is 19.5. The Morgan fingerprint density at radius 3 is 3.00 bits per heavy atom. The molecule has 3 heterocycles. The van der Waals surface area contributed by atoms with Gasteiger partial charge in [-0.2, -0.15) is 5.10 Å². The fraction of sp³-hybridized carbons (Fsp3) is 0.316. The van der Waals surface area contributed by atoms with Gasteiger partial charge in [0.25, 0.3) is 5.56 Å². The van der Waals surface area contributed by atoms with E-state index >= 15 is 0 Å². The molecule has 0 amide bonds. The summed E-state index contributed by atoms with van der Waals surface area (Å²) in [5, 5.41) is 7.87. The Labute approximate surface area is 166 Å². The SMILES string of the molecule is C[C@@H](Cn1cc(Cl)cn1)c1cc(=O)[nH]c(NC[C@@H]2COc3ccccc3O2)n1. The van der Waals surface area contributed by atoms with Crippen LogP contribution in [0.2, 0.25) is 5.02 Å². The lowest BCUT2D eigenvalue weighted by Crippen LogP contribution is -2.36. The van der Waals surface area contributed by atoms with Crippen LogP contribution in [-0.2, 0) is 6.54 Å². The molecular formula is C19H20ClN5O3. The molecule has 0 spiro atoms. The largest absolute Gasteiger partial charge is 0.486 e. The van der Waals surface area contributed by atoms with E-state index < -0.39 is 0 Å². The molecule has 1 aliphatic rings. The Balaban J connectivity index is 1.40. The first kappa shape index (κ1) is 18.4. The topological polar surface area (TPSA) is 94.1 Å². The summed E-state index contributed by atoms with van der Waals surface area (Å²) in [6, 6.07) is 9.03. The number of aromatic amines is 1. The highest BCUT2D eigenvalue weighted by atomic mass is 35.5. The van der Waals surface area contributed by atoms with Crippen LogP contribution in [0.15, 0.2) is 47.5 Å². The molecule has 2 N–H and O–H groups in total. The van der Waals surface area contributed by atoms with Gasteiger partial charge in [0.05, 0.1) is 23.5 Å². The Morgan fingerprint density at radius 1 is 1.39 bits per heavy atom. The van der Waals surface area contributed by atoms with Crippen molar-refractivity contribution in [1.82, 2.24) is 19.7 Å². The van der Waals surface area contributed by atoms with Gasteiger partial charge in [0.1, 0.15) is 12.7 Å². The van der Waals surface area contributed by atoms with Crippen LogP contribution in [0.1, 0.15) is 18.5 Å². The van der Waals surface area contributed by atoms with Gasteiger partial charge in [-0.25, -0.2) is 4.98 Å². The normalized spacial score (nSPS) is 16.6. The Bertz CT molecular complexity index is 1020. The van der Waals surface area contributed by atoms with Crippen LogP contribution >= 0.6 is 11.6 Å². The van der Waals surface area contributed by atoms with Gasteiger partial charge in [-0.15, -0.1) is 0 Å². The Hall–Kier alpha value is -3.00. The number of fused-ring (bicyclic) bond motifs is 1. The molecule has 0 bridgehead atoms. The van der Waals surface area contributed by atoms with Crippen molar-refractivity contribution in [1.29, 1.82) is 0 Å². The van der Waals surface area contributed by atoms with Crippen LogP contribution in [0.4, 0.5) is 5.95 Å². The highest BCUT2D eigenvalue weighted by molar-refractivity contribution is 6.30. The lowest BCUT2D eigenvalue weighted by molar-refractivity contribution is 0.0996. The summed E-state index contributed by atoms with van der Waals surface area (Å²) in [6.45, 7) is 3.42. The number of hydrogen-bond acceptors (Lipinski definition) is 6. The van der Waals surface area contributed by atoms with E-state index in [1.54, 1.807) is 17.1 Å². The summed E-state index contributed by atoms with van der Waals surface area (Å²) in [6.07, 6.45) is 3.13. The van der Waals surface area contributed by atoms with E-state index in [1.807, 2.05) is 31.2 Å². The first-order chi connectivity index (χ1) is 13.6. The van der Waals surface area contributed by atoms with Crippen molar-refractivity contribution < 1.29 is 9.47 Å². The molecule has 0 fully saturated rings. The third-order valence-electron chi connectivity index (χ3n) is 4.39. The standard InChI is InChI=1S/C19H20ClN5O3/c1-12(9-25-10-13(20)7-22-25)15-6-18(26)24-19(23-15)21-8-14-11-27-16-4-2-3-5-17(16)28-14/h2-7,10,12,14H,8-9,11H2,1H3,(H2,21,23,24,26)/t12-,14+/m0/s1. The molecule has 4 rings (SSSR count). The number of aromatic nitrogens is 4. The molecule has 0 unspecified atom stereocenters. The maximum atomic E-state index is 12.1. The second-order valence-electron chi connectivity index (χ2n) is 6.68. The first-order valence-corrected chi connectivity index (χ1v) is 9.36. The third-order valence-corrected chi connectivity index (χ3v) is 4.59. The van der Waals surface area contributed by atoms with Gasteiger partial charge in [-0.3, -0.25) is 14.5 Å². The summed E-state index contributed by atoms with van der Waals surface area (Å²) in [5.41, 5.74) is 0.452. The summed E-state index contributed by atoms with van der Waals surface area (Å²) in [5.74, 6) is 1.83. The molecule has 28 heavy (non-hydrogen) atoms. The van der Waals surface area contributed by atoms with Gasteiger partial charge in [-0.05, 0) is 12.1 Å². The van der Waals surface area contributed by atoms with Crippen molar-refractivity contribution in [2.45, 2.75) is 25.5 Å². The van der Waals surface area contributed by atoms with Crippen molar-refractivity contribution in [3.05, 3.63) is 63.8 Å². The van der Waals surface area contributed by atoms with E-state index in [0.29, 0.717) is 42.1 Å². The van der Waals surface area contributed by atoms with Gasteiger partial charge in [-0.1, -0.05) is 30.7 Å². The number of anilines is 1. The monoisotopic (exact) mass is 401 g/mol. The molecule has 146 valence electrons. The zero-order valence-electron chi connectivity index (χ0n) is 15.3. The average molecular weight is 402 g/mol. The second kappa shape index (κ2) is 7.93. The van der Waals surface area contributed by atoms with Crippen molar-refractivity contribution in [2.24, 2.45) is 0 Å². The lowest BCUT2D eigenvalue weighted by atomic mass is 10.1. The Morgan fingerprint density at radius 2 is 2.21 bits per heavy atom. The van der Waals surface area contributed by atoms with Gasteiger partial charge in [0, 0.05) is 24.7 Å². The minimum atomic E-state index is -0.219. The van der Waals surface area contributed by atoms with Crippen LogP contribution in [0, 0.1) is 0 Å². The van der Waals surface area contributed by atoms with E-state index in [0.717, 1.165) is 5.75 Å². The minimum absolute atomic E-state index is 0.0139. The molecule has 1 aliphatic heterocycles. The lowest BCUT2D eigenvalue weighted by Gasteiger charge is -2.26. The Kier molecular flexibility index (Phi) is 5.21. The average Bonchev–Trinajstić information content (AvgIpc) is 3.10. The maximum Gasteiger partial charge on any atom is 0.252 e. The molecule has 2 aromatic heterocycles. The number of nitrogens with one attached hydrogen (secondary N) is 2. The fourth-order valence-electron chi connectivity index (χ4n) is 3.00. The van der Waals surface area contributed by atoms with Crippen LogP contribution in [0.3, 0.4) is 0 Å². The molecule has 2 atom stereocenters. The van der Waals surface area contributed by atoms with Crippen LogP contribution in [0.5, 0.6) is 11.5 Å². The minimum Gasteiger partial charge on any atom is -0.486 e. The quantitative estimate of drug-likeness (QED) is 0.659. The van der Waals surface area contributed by atoms with E-state index in [9.17, 15) is 4.79 Å². The zero-order valence-corrected chi connectivity index (χ0v) is 16.0. The highest BCUT2D eigenvalue weighted by Gasteiger charge is 2.20. The predicted molar refractivity (Wildman–Crippen MR) is 105 cm³/mol. The van der Waals surface area contributed by atoms with E-state index in [-0.39, 0.29) is 17.6 Å². The van der Waals surface area contributed by atoms with Crippen molar-refractivity contribution in [3.63, 3.8) is 0 Å². The number of halogens is 1. The van der Waals surface area contributed by atoms with Gasteiger partial charge >= 0.3 is 0 Å². The summed E-state index contributed by atoms with van der Waals surface area (Å²) in [4.78, 5) is 19.3. The van der Waals surface area contributed by atoms with Crippen molar-refractivity contribution in [2.75, 3.05) is 18.5 Å². The smallest absolute Gasteiger partial charge is 0.252 e. The first-order valence-electron chi connectivity index (χ1n) is 8.98. The van der Waals surface area contributed by atoms with E-state index in [1.165, 1.54) is 6.07 Å². The highest BCUT2D eigenvalue weighted by Crippen LogP contribution is 2.30. The molecule has 3 aromatic rings. The van der Waals surface area contributed by atoms with Crippen LogP contribution < -0.4 is 20.3 Å². The second-order valence-corrected chi connectivity index (χ2v) is 7.12. The van der Waals surface area contributed by atoms with Crippen molar-refractivity contribution >= 4 is 17.5 Å². The molecular weight excluding hydrogens is 382 g/mol. The summed E-state index contributed by atoms with van der Waals surface area (Å²) >= 11 is 5.90. The van der Waals surface area contributed by atoms with Crippen LogP contribution in [0.25, 0.3) is 0 Å². The van der Waals surface area contributed by atoms with Gasteiger partial charge in [0.2, 0.25) is 5.95 Å². The number of nitrogens with zero attached hydrogens (tertiary/aromatic N) is 3. The maximum absolute atomic E-state index is 12.1. The van der Waals surface area contributed by atoms with Crippen molar-refractivity contribution in [3.8, 4) is 11.5 Å². The number of H-pyrrole nitrogens is 1. The third kappa shape index (κ3) is 4.28. The number of ether oxygens (including phenoxy) is 2. The molecule has 0 saturated heterocycles. The van der Waals surface area contributed by atoms with E-state index in [2.05, 4.69) is 20.4 Å². The summed E-state index contributed by atoms with van der Waals surface area (Å²) in [7, 11) is 0. The number of rotatable bonds is 6. The van der Waals surface area contributed by atoms with Gasteiger partial charge in [0.15, 0.2) is 11.5 Å². The van der Waals surface area contributed by atoms with Crippen LogP contribution in [-0.4, -0.2) is 39.0 Å². The molecule has 0 saturated carbocycles. The predicted octanol–water partition coefficient (Wildman–Crippen LogP) is 2.68. The molecule has 8 nitrogen and oxygen atoms in total. The van der Waals surface area contributed by atoms with Gasteiger partial charge < -0.3 is 14.8 Å². The number of hydrogen-bond donors (Lipinski definition) is 2. The van der Waals surface area contributed by atoms with E-state index in [4.69, 9.17) is 21.1 Å². The molecule has 9 heteroatoms. The number of para-hydroxylation sites is 2. The molecule has 0 aliphatic carbocycles. The molecule has 1 aromatic carbocycles. The number of benzene rings is 1. The summed E-state index contributed by atoms with van der Waals surface area (Å²) < 4.78 is 13.3.